The van der Waals surface area contributed by atoms with Crippen molar-refractivity contribution in [3.05, 3.63) is 54.0 Å². The second-order valence-electron chi connectivity index (χ2n) is 4.56. The van der Waals surface area contributed by atoms with Gasteiger partial charge in [0.05, 0.1) is 12.8 Å². The van der Waals surface area contributed by atoms with Crippen LogP contribution in [0.25, 0.3) is 0 Å². The minimum atomic E-state index is -0.990. The second-order valence-corrected chi connectivity index (χ2v) is 4.56. The Morgan fingerprint density at radius 3 is 2.71 bits per heavy atom. The number of rotatable bonds is 4. The van der Waals surface area contributed by atoms with E-state index in [2.05, 4.69) is 10.6 Å². The maximum absolute atomic E-state index is 11.7. The summed E-state index contributed by atoms with van der Waals surface area (Å²) in [7, 11) is 0. The third-order valence-corrected chi connectivity index (χ3v) is 2.81. The van der Waals surface area contributed by atoms with E-state index in [1.54, 1.807) is 30.3 Å². The zero-order chi connectivity index (χ0) is 15.2. The van der Waals surface area contributed by atoms with Crippen molar-refractivity contribution in [2.24, 2.45) is 0 Å². The Kier molecular flexibility index (Phi) is 4.73. The van der Waals surface area contributed by atoms with Crippen LogP contribution in [0.4, 0.5) is 5.69 Å². The summed E-state index contributed by atoms with van der Waals surface area (Å²) in [5.41, 5.74) is 1.52. The molecule has 6 nitrogen and oxygen atoms in total. The van der Waals surface area contributed by atoms with Gasteiger partial charge in [0, 0.05) is 5.69 Å². The van der Waals surface area contributed by atoms with Crippen molar-refractivity contribution in [3.8, 4) is 0 Å². The third kappa shape index (κ3) is 4.19. The maximum Gasteiger partial charge on any atom is 0.313 e. The molecule has 110 valence electrons. The number of anilines is 1. The molecule has 1 aromatic carbocycles. The lowest BCUT2D eigenvalue weighted by Gasteiger charge is -2.10. The first-order chi connectivity index (χ1) is 10.1. The zero-order valence-corrected chi connectivity index (χ0v) is 11.5. The van der Waals surface area contributed by atoms with E-state index in [0.717, 1.165) is 5.56 Å². The molecule has 2 aromatic rings. The van der Waals surface area contributed by atoms with Crippen molar-refractivity contribution in [2.45, 2.75) is 13.0 Å². The van der Waals surface area contributed by atoms with E-state index in [1.807, 2.05) is 13.0 Å². The minimum absolute atomic E-state index is 0.104. The van der Waals surface area contributed by atoms with Gasteiger partial charge in [0.15, 0.2) is 0 Å². The van der Waals surface area contributed by atoms with Gasteiger partial charge in [-0.1, -0.05) is 12.1 Å². The van der Waals surface area contributed by atoms with Gasteiger partial charge in [-0.05, 0) is 36.8 Å². The average Bonchev–Trinajstić information content (AvgIpc) is 2.98. The van der Waals surface area contributed by atoms with E-state index >= 15 is 0 Å². The molecule has 0 radical (unpaired) electrons. The van der Waals surface area contributed by atoms with Crippen molar-refractivity contribution in [1.29, 1.82) is 0 Å². The van der Waals surface area contributed by atoms with Gasteiger partial charge >= 0.3 is 11.8 Å². The highest BCUT2D eigenvalue weighted by atomic mass is 16.4. The molecule has 0 fully saturated rings. The molecule has 1 heterocycles. The fourth-order valence-corrected chi connectivity index (χ4v) is 1.76. The van der Waals surface area contributed by atoms with E-state index in [9.17, 15) is 14.7 Å². The van der Waals surface area contributed by atoms with E-state index in [4.69, 9.17) is 4.42 Å². The summed E-state index contributed by atoms with van der Waals surface area (Å²) in [6.45, 7) is 1.78. The SMILES string of the molecule is Cc1cccc(NC(=O)C(=O)NCC(O)c2ccco2)c1. The van der Waals surface area contributed by atoms with Crippen molar-refractivity contribution in [1.82, 2.24) is 5.32 Å². The van der Waals surface area contributed by atoms with Gasteiger partial charge in [-0.2, -0.15) is 0 Å². The molecule has 1 atom stereocenters. The highest BCUT2D eigenvalue weighted by molar-refractivity contribution is 6.39. The van der Waals surface area contributed by atoms with Crippen LogP contribution in [0.5, 0.6) is 0 Å². The summed E-state index contributed by atoms with van der Waals surface area (Å²) in [6.07, 6.45) is 0.431. The van der Waals surface area contributed by atoms with E-state index < -0.39 is 17.9 Å². The molecular weight excluding hydrogens is 272 g/mol. The van der Waals surface area contributed by atoms with Crippen LogP contribution in [0.15, 0.2) is 47.1 Å². The number of carbonyl (C=O) groups excluding carboxylic acids is 2. The van der Waals surface area contributed by atoms with E-state index in [-0.39, 0.29) is 6.54 Å². The number of furan rings is 1. The van der Waals surface area contributed by atoms with Crippen LogP contribution in [0.1, 0.15) is 17.4 Å². The van der Waals surface area contributed by atoms with Crippen molar-refractivity contribution < 1.29 is 19.1 Å². The lowest BCUT2D eigenvalue weighted by atomic mass is 10.2. The van der Waals surface area contributed by atoms with Crippen LogP contribution in [-0.2, 0) is 9.59 Å². The molecule has 6 heteroatoms. The van der Waals surface area contributed by atoms with Crippen molar-refractivity contribution in [2.75, 3.05) is 11.9 Å². The molecule has 1 aromatic heterocycles. The predicted octanol–water partition coefficient (Wildman–Crippen LogP) is 1.38. The number of hydrogen-bond acceptors (Lipinski definition) is 4. The lowest BCUT2D eigenvalue weighted by Crippen LogP contribution is -2.37. The Balaban J connectivity index is 1.84. The molecule has 0 aliphatic carbocycles. The van der Waals surface area contributed by atoms with E-state index in [0.29, 0.717) is 11.4 Å². The van der Waals surface area contributed by atoms with Crippen LogP contribution in [0.2, 0.25) is 0 Å². The second kappa shape index (κ2) is 6.71. The number of carbonyl (C=O) groups is 2. The Labute approximate surface area is 121 Å². The molecular formula is C15H16N2O4. The molecule has 0 bridgehead atoms. The maximum atomic E-state index is 11.7. The average molecular weight is 288 g/mol. The summed E-state index contributed by atoms with van der Waals surface area (Å²) >= 11 is 0. The molecule has 2 rings (SSSR count). The summed E-state index contributed by atoms with van der Waals surface area (Å²) in [5.74, 6) is -1.27. The van der Waals surface area contributed by atoms with Gasteiger partial charge in [0.25, 0.3) is 0 Å². The monoisotopic (exact) mass is 288 g/mol. The van der Waals surface area contributed by atoms with E-state index in [1.165, 1.54) is 6.26 Å². The summed E-state index contributed by atoms with van der Waals surface area (Å²) < 4.78 is 5.00. The number of aliphatic hydroxyl groups excluding tert-OH is 1. The molecule has 0 saturated carbocycles. The Morgan fingerprint density at radius 1 is 1.24 bits per heavy atom. The molecule has 0 spiro atoms. The zero-order valence-electron chi connectivity index (χ0n) is 11.5. The highest BCUT2D eigenvalue weighted by Gasteiger charge is 2.17. The number of nitrogens with one attached hydrogen (secondary N) is 2. The van der Waals surface area contributed by atoms with Crippen LogP contribution in [0, 0.1) is 6.92 Å². The number of amides is 2. The molecule has 21 heavy (non-hydrogen) atoms. The van der Waals surface area contributed by atoms with Crippen LogP contribution in [0.3, 0.4) is 0 Å². The first-order valence-electron chi connectivity index (χ1n) is 6.43. The van der Waals surface area contributed by atoms with Gasteiger partial charge < -0.3 is 20.2 Å². The Morgan fingerprint density at radius 2 is 2.05 bits per heavy atom. The van der Waals surface area contributed by atoms with Gasteiger partial charge in [-0.25, -0.2) is 0 Å². The molecule has 2 amide bonds. The Hall–Kier alpha value is -2.60. The van der Waals surface area contributed by atoms with Crippen molar-refractivity contribution in [3.63, 3.8) is 0 Å². The summed E-state index contributed by atoms with van der Waals surface area (Å²) in [4.78, 5) is 23.3. The number of aliphatic hydroxyl groups is 1. The topological polar surface area (TPSA) is 91.6 Å². The first-order valence-corrected chi connectivity index (χ1v) is 6.43. The summed E-state index contributed by atoms with van der Waals surface area (Å²) in [6, 6.07) is 10.3. The standard InChI is InChI=1S/C15H16N2O4/c1-10-4-2-5-11(8-10)17-15(20)14(19)16-9-12(18)13-6-3-7-21-13/h2-8,12,18H,9H2,1H3,(H,16,19)(H,17,20). The molecule has 3 N–H and O–H groups in total. The normalized spacial score (nSPS) is 11.7. The lowest BCUT2D eigenvalue weighted by molar-refractivity contribution is -0.136. The van der Waals surface area contributed by atoms with Crippen LogP contribution < -0.4 is 10.6 Å². The third-order valence-electron chi connectivity index (χ3n) is 2.81. The predicted molar refractivity (Wildman–Crippen MR) is 76.5 cm³/mol. The van der Waals surface area contributed by atoms with Crippen LogP contribution in [-0.4, -0.2) is 23.5 Å². The molecule has 1 unspecified atom stereocenters. The minimum Gasteiger partial charge on any atom is -0.467 e. The van der Waals surface area contributed by atoms with Crippen molar-refractivity contribution >= 4 is 17.5 Å². The summed E-state index contributed by atoms with van der Waals surface area (Å²) in [5, 5.41) is 14.6. The van der Waals surface area contributed by atoms with Gasteiger partial charge in [-0.15, -0.1) is 0 Å². The Bertz CT molecular complexity index is 622. The van der Waals surface area contributed by atoms with Gasteiger partial charge in [-0.3, -0.25) is 9.59 Å². The quantitative estimate of drug-likeness (QED) is 0.741. The highest BCUT2D eigenvalue weighted by Crippen LogP contribution is 2.12. The fourth-order valence-electron chi connectivity index (χ4n) is 1.76. The van der Waals surface area contributed by atoms with Gasteiger partial charge in [0.1, 0.15) is 11.9 Å². The number of aryl methyl sites for hydroxylation is 1. The molecule has 0 aliphatic heterocycles. The number of hydrogen-bond donors (Lipinski definition) is 3. The fraction of sp³-hybridized carbons (Fsp3) is 0.200. The molecule has 0 aliphatic rings. The first kappa shape index (κ1) is 14.8. The smallest absolute Gasteiger partial charge is 0.313 e. The van der Waals surface area contributed by atoms with Gasteiger partial charge in [0.2, 0.25) is 0 Å². The molecule has 0 saturated heterocycles. The van der Waals surface area contributed by atoms with Crippen LogP contribution >= 0.6 is 0 Å². The number of benzene rings is 1. The largest absolute Gasteiger partial charge is 0.467 e.